The number of thioether (sulfide) groups is 1. The molecule has 0 atom stereocenters. The minimum atomic E-state index is -0.190. The van der Waals surface area contributed by atoms with Gasteiger partial charge >= 0.3 is 0 Å². The van der Waals surface area contributed by atoms with E-state index in [4.69, 9.17) is 17.0 Å². The van der Waals surface area contributed by atoms with Gasteiger partial charge in [0.05, 0.1) is 11.5 Å². The predicted molar refractivity (Wildman–Crippen MR) is 127 cm³/mol. The lowest BCUT2D eigenvalue weighted by Crippen LogP contribution is -2.61. The van der Waals surface area contributed by atoms with E-state index in [1.54, 1.807) is 0 Å². The van der Waals surface area contributed by atoms with Gasteiger partial charge in [0, 0.05) is 5.54 Å². The Morgan fingerprint density at radius 3 is 2.39 bits per heavy atom. The van der Waals surface area contributed by atoms with Crippen LogP contribution in [0, 0.1) is 17.8 Å². The number of thiocarbonyl (C=S) groups is 1. The molecule has 164 valence electrons. The van der Waals surface area contributed by atoms with E-state index in [9.17, 15) is 9.59 Å². The second-order valence-corrected chi connectivity index (χ2v) is 11.2. The van der Waals surface area contributed by atoms with Crippen molar-refractivity contribution >= 4 is 46.2 Å². The third-order valence-electron chi connectivity index (χ3n) is 7.11. The van der Waals surface area contributed by atoms with Crippen LogP contribution in [0.5, 0.6) is 5.75 Å². The van der Waals surface area contributed by atoms with Gasteiger partial charge in [-0.3, -0.25) is 14.5 Å². The molecule has 5 nitrogen and oxygen atoms in total. The summed E-state index contributed by atoms with van der Waals surface area (Å²) in [6.07, 6.45) is 9.12. The molecule has 0 spiro atoms. The maximum Gasteiger partial charge on any atom is 0.266 e. The molecule has 0 unspecified atom stereocenters. The van der Waals surface area contributed by atoms with Gasteiger partial charge in [-0.05, 0) is 87.0 Å². The zero-order chi connectivity index (χ0) is 21.6. The molecule has 4 saturated carbocycles. The summed E-state index contributed by atoms with van der Waals surface area (Å²) in [6.45, 7) is 2.56. The van der Waals surface area contributed by atoms with Crippen LogP contribution in [0.25, 0.3) is 6.08 Å². The minimum Gasteiger partial charge on any atom is -0.494 e. The van der Waals surface area contributed by atoms with Crippen molar-refractivity contribution in [2.45, 2.75) is 51.0 Å². The first kappa shape index (κ1) is 21.0. The van der Waals surface area contributed by atoms with Gasteiger partial charge in [-0.1, -0.05) is 36.1 Å². The van der Waals surface area contributed by atoms with Crippen LogP contribution in [-0.2, 0) is 9.59 Å². The Kier molecular flexibility index (Phi) is 5.59. The Morgan fingerprint density at radius 2 is 1.81 bits per heavy atom. The maximum absolute atomic E-state index is 12.9. The summed E-state index contributed by atoms with van der Waals surface area (Å²) in [4.78, 5) is 27.9. The molecule has 5 aliphatic rings. The van der Waals surface area contributed by atoms with Crippen LogP contribution in [-0.4, -0.2) is 39.7 Å². The fourth-order valence-corrected chi connectivity index (χ4v) is 7.61. The third-order valence-corrected chi connectivity index (χ3v) is 8.48. The second kappa shape index (κ2) is 8.24. The largest absolute Gasteiger partial charge is 0.494 e. The van der Waals surface area contributed by atoms with Gasteiger partial charge in [-0.15, -0.1) is 0 Å². The topological polar surface area (TPSA) is 58.6 Å². The number of hydrogen-bond acceptors (Lipinski definition) is 5. The van der Waals surface area contributed by atoms with Crippen molar-refractivity contribution in [3.63, 3.8) is 0 Å². The van der Waals surface area contributed by atoms with Crippen LogP contribution < -0.4 is 10.1 Å². The van der Waals surface area contributed by atoms with Gasteiger partial charge in [0.25, 0.3) is 5.91 Å². The Balaban J connectivity index is 1.23. The molecule has 6 rings (SSSR count). The lowest BCUT2D eigenvalue weighted by molar-refractivity contribution is -0.132. The monoisotopic (exact) mass is 456 g/mol. The number of rotatable bonds is 6. The zero-order valence-electron chi connectivity index (χ0n) is 17.8. The average molecular weight is 457 g/mol. The molecule has 0 radical (unpaired) electrons. The molecule has 4 bridgehead atoms. The van der Waals surface area contributed by atoms with Gasteiger partial charge in [-0.25, -0.2) is 0 Å². The number of benzene rings is 1. The first-order valence-electron chi connectivity index (χ1n) is 11.2. The molecule has 4 aliphatic carbocycles. The Labute approximate surface area is 193 Å². The van der Waals surface area contributed by atoms with E-state index in [2.05, 4.69) is 5.32 Å². The van der Waals surface area contributed by atoms with Crippen molar-refractivity contribution < 1.29 is 14.3 Å². The van der Waals surface area contributed by atoms with E-state index in [1.807, 2.05) is 37.3 Å². The molecule has 1 aromatic rings. The summed E-state index contributed by atoms with van der Waals surface area (Å²) in [7, 11) is 0. The number of carbonyl (C=O) groups excluding carboxylic acids is 2. The average Bonchev–Trinajstić information content (AvgIpc) is 2.95. The van der Waals surface area contributed by atoms with Crippen molar-refractivity contribution in [3.8, 4) is 5.75 Å². The lowest BCUT2D eigenvalue weighted by Gasteiger charge is -2.57. The van der Waals surface area contributed by atoms with Crippen molar-refractivity contribution in [2.24, 2.45) is 17.8 Å². The van der Waals surface area contributed by atoms with Crippen LogP contribution in [0.1, 0.15) is 51.0 Å². The van der Waals surface area contributed by atoms with Crippen LogP contribution in [0.4, 0.5) is 0 Å². The molecule has 7 heteroatoms. The Bertz CT molecular complexity index is 905. The first-order valence-corrected chi connectivity index (χ1v) is 12.4. The molecule has 5 fully saturated rings. The summed E-state index contributed by atoms with van der Waals surface area (Å²) < 4.78 is 5.91. The van der Waals surface area contributed by atoms with Crippen LogP contribution >= 0.6 is 24.0 Å². The van der Waals surface area contributed by atoms with Crippen LogP contribution in [0.15, 0.2) is 29.2 Å². The number of nitrogens with one attached hydrogen (secondary N) is 1. The van der Waals surface area contributed by atoms with Gasteiger partial charge in [0.2, 0.25) is 5.91 Å². The fraction of sp³-hybridized carbons (Fsp3) is 0.542. The molecular formula is C24H28N2O3S2. The van der Waals surface area contributed by atoms with E-state index in [1.165, 1.54) is 35.9 Å². The number of hydrogen-bond donors (Lipinski definition) is 1. The molecule has 0 aromatic heterocycles. The van der Waals surface area contributed by atoms with Gasteiger partial charge in [-0.2, -0.15) is 0 Å². The highest BCUT2D eigenvalue weighted by molar-refractivity contribution is 8.26. The third kappa shape index (κ3) is 4.27. The summed E-state index contributed by atoms with van der Waals surface area (Å²) in [5.41, 5.74) is 0.853. The first-order chi connectivity index (χ1) is 14.9. The highest BCUT2D eigenvalue weighted by Gasteiger charge is 2.51. The van der Waals surface area contributed by atoms with E-state index >= 15 is 0 Å². The molecule has 2 amide bonds. The zero-order valence-corrected chi connectivity index (χ0v) is 19.4. The van der Waals surface area contributed by atoms with Crippen LogP contribution in [0.3, 0.4) is 0 Å². The van der Waals surface area contributed by atoms with E-state index in [0.717, 1.165) is 48.3 Å². The summed E-state index contributed by atoms with van der Waals surface area (Å²) in [5.74, 6) is 2.82. The fourth-order valence-electron chi connectivity index (χ4n) is 6.36. The second-order valence-electron chi connectivity index (χ2n) is 9.52. The molecule has 1 saturated heterocycles. The van der Waals surface area contributed by atoms with Crippen LogP contribution in [0.2, 0.25) is 0 Å². The molecule has 1 heterocycles. The number of amides is 2. The maximum atomic E-state index is 12.9. The van der Waals surface area contributed by atoms with E-state index in [0.29, 0.717) is 15.8 Å². The molecular weight excluding hydrogens is 428 g/mol. The quantitative estimate of drug-likeness (QED) is 0.509. The minimum absolute atomic E-state index is 0.00698. The Morgan fingerprint density at radius 1 is 1.19 bits per heavy atom. The van der Waals surface area contributed by atoms with Crippen molar-refractivity contribution in [1.29, 1.82) is 0 Å². The van der Waals surface area contributed by atoms with Gasteiger partial charge in [0.1, 0.15) is 16.6 Å². The van der Waals surface area contributed by atoms with E-state index in [-0.39, 0.29) is 23.9 Å². The number of carbonyl (C=O) groups is 2. The summed E-state index contributed by atoms with van der Waals surface area (Å²) in [6, 6.07) is 7.60. The van der Waals surface area contributed by atoms with Crippen molar-refractivity contribution in [3.05, 3.63) is 34.7 Å². The summed E-state index contributed by atoms with van der Waals surface area (Å²) >= 11 is 6.69. The molecule has 31 heavy (non-hydrogen) atoms. The standard InChI is InChI=1S/C24H28N2O3S2/c1-2-29-19-5-3-15(4-6-19)10-20-22(28)26(23(30)31-20)14-21(27)25-24-11-16-7-17(12-24)9-18(8-16)13-24/h3-6,10,16-18H,2,7-9,11-14H2,1H3,(H,25,27)/b20-10-. The number of nitrogens with zero attached hydrogens (tertiary/aromatic N) is 1. The normalized spacial score (nSPS) is 32.7. The van der Waals surface area contributed by atoms with Gasteiger partial charge in [0.15, 0.2) is 0 Å². The molecule has 1 aliphatic heterocycles. The highest BCUT2D eigenvalue weighted by Crippen LogP contribution is 2.55. The lowest BCUT2D eigenvalue weighted by atomic mass is 9.53. The summed E-state index contributed by atoms with van der Waals surface area (Å²) in [5, 5.41) is 3.34. The van der Waals surface area contributed by atoms with Crippen molar-refractivity contribution in [1.82, 2.24) is 10.2 Å². The van der Waals surface area contributed by atoms with Gasteiger partial charge < -0.3 is 10.1 Å². The predicted octanol–water partition coefficient (Wildman–Crippen LogP) is 4.37. The molecule has 1 N–H and O–H groups in total. The van der Waals surface area contributed by atoms with Crippen molar-refractivity contribution in [2.75, 3.05) is 13.2 Å². The highest BCUT2D eigenvalue weighted by atomic mass is 32.2. The smallest absolute Gasteiger partial charge is 0.266 e. The molecule has 1 aromatic carbocycles. The van der Waals surface area contributed by atoms with E-state index < -0.39 is 0 Å². The Hall–Kier alpha value is -1.86. The number of ether oxygens (including phenoxy) is 1. The SMILES string of the molecule is CCOc1ccc(/C=C2\SC(=S)N(CC(=O)NC34CC5CC(CC(C5)C3)C4)C2=O)cc1.